The van der Waals surface area contributed by atoms with E-state index in [1.165, 1.54) is 0 Å². The molecule has 6 heteroatoms. The van der Waals surface area contributed by atoms with Gasteiger partial charge in [0.2, 0.25) is 0 Å². The molecule has 1 amide bonds. The zero-order valence-corrected chi connectivity index (χ0v) is 14.7. The largest absolute Gasteiger partial charge is 0.490 e. The number of pyridine rings is 1. The molecule has 0 bridgehead atoms. The highest BCUT2D eigenvalue weighted by Crippen LogP contribution is 2.37. The van der Waals surface area contributed by atoms with Crippen LogP contribution in [0.25, 0.3) is 0 Å². The number of anilines is 1. The monoisotopic (exact) mass is 333 g/mol. The van der Waals surface area contributed by atoms with Gasteiger partial charge in [-0.15, -0.1) is 0 Å². The lowest BCUT2D eigenvalue weighted by Gasteiger charge is -2.34. The number of nitrogens with two attached hydrogens (primary N) is 1. The highest BCUT2D eigenvalue weighted by Gasteiger charge is 2.30. The number of aromatic nitrogens is 1. The Hall–Kier alpha value is -1.98. The SMILES string of the molecule is CC(C)(C)OC(=O)N1CCC(c2cnc(N)cc2OC2CC2)CC1. The summed E-state index contributed by atoms with van der Waals surface area (Å²) in [6.45, 7) is 7.04. The van der Waals surface area contributed by atoms with Gasteiger partial charge in [0.05, 0.1) is 6.10 Å². The summed E-state index contributed by atoms with van der Waals surface area (Å²) in [6, 6.07) is 1.83. The number of hydrogen-bond donors (Lipinski definition) is 1. The zero-order chi connectivity index (χ0) is 17.3. The van der Waals surface area contributed by atoms with Gasteiger partial charge in [-0.2, -0.15) is 0 Å². The first-order valence-corrected chi connectivity index (χ1v) is 8.72. The summed E-state index contributed by atoms with van der Waals surface area (Å²) >= 11 is 0. The Balaban J connectivity index is 1.63. The molecule has 1 aliphatic heterocycles. The number of hydrogen-bond acceptors (Lipinski definition) is 5. The minimum atomic E-state index is -0.458. The Morgan fingerprint density at radius 3 is 2.50 bits per heavy atom. The van der Waals surface area contributed by atoms with E-state index in [0.29, 0.717) is 30.9 Å². The smallest absolute Gasteiger partial charge is 0.410 e. The molecule has 0 aromatic carbocycles. The maximum atomic E-state index is 12.2. The van der Waals surface area contributed by atoms with Gasteiger partial charge < -0.3 is 20.1 Å². The molecule has 2 fully saturated rings. The highest BCUT2D eigenvalue weighted by atomic mass is 16.6. The number of rotatable bonds is 3. The molecule has 6 nitrogen and oxygen atoms in total. The van der Waals surface area contributed by atoms with E-state index in [1.807, 2.05) is 33.0 Å². The molecule has 24 heavy (non-hydrogen) atoms. The highest BCUT2D eigenvalue weighted by molar-refractivity contribution is 5.68. The van der Waals surface area contributed by atoms with Crippen LogP contribution >= 0.6 is 0 Å². The van der Waals surface area contributed by atoms with Crippen LogP contribution in [0.3, 0.4) is 0 Å². The molecule has 0 radical (unpaired) electrons. The third-order valence-corrected chi connectivity index (χ3v) is 4.32. The van der Waals surface area contributed by atoms with Crippen molar-refractivity contribution >= 4 is 11.9 Å². The lowest BCUT2D eigenvalue weighted by molar-refractivity contribution is 0.0204. The van der Waals surface area contributed by atoms with E-state index in [1.54, 1.807) is 4.90 Å². The lowest BCUT2D eigenvalue weighted by atomic mass is 9.90. The Labute approximate surface area is 143 Å². The standard InChI is InChI=1S/C18H27N3O3/c1-18(2,3)24-17(22)21-8-6-12(7-9-21)14-11-20-16(19)10-15(14)23-13-4-5-13/h10-13H,4-9H2,1-3H3,(H2,19,20). The average molecular weight is 333 g/mol. The number of carbonyl (C=O) groups is 1. The van der Waals surface area contributed by atoms with Gasteiger partial charge in [-0.1, -0.05) is 0 Å². The van der Waals surface area contributed by atoms with E-state index in [2.05, 4.69) is 4.98 Å². The number of ether oxygens (including phenoxy) is 2. The second-order valence-corrected chi connectivity index (χ2v) is 7.71. The van der Waals surface area contributed by atoms with Crippen LogP contribution in [0.4, 0.5) is 10.6 Å². The van der Waals surface area contributed by atoms with E-state index in [0.717, 1.165) is 37.0 Å². The summed E-state index contributed by atoms with van der Waals surface area (Å²) < 4.78 is 11.5. The van der Waals surface area contributed by atoms with E-state index in [4.69, 9.17) is 15.2 Å². The number of carbonyl (C=O) groups excluding carboxylic acids is 1. The Bertz CT molecular complexity index is 600. The summed E-state index contributed by atoms with van der Waals surface area (Å²) in [6.07, 6.45) is 5.91. The van der Waals surface area contributed by atoms with Gasteiger partial charge in [-0.05, 0) is 52.4 Å². The van der Waals surface area contributed by atoms with Crippen LogP contribution in [-0.2, 0) is 4.74 Å². The quantitative estimate of drug-likeness (QED) is 0.918. The zero-order valence-electron chi connectivity index (χ0n) is 14.7. The number of piperidine rings is 1. The van der Waals surface area contributed by atoms with Crippen molar-refractivity contribution in [3.05, 3.63) is 17.8 Å². The van der Waals surface area contributed by atoms with Crippen molar-refractivity contribution in [2.45, 2.75) is 64.1 Å². The summed E-state index contributed by atoms with van der Waals surface area (Å²) in [7, 11) is 0. The molecule has 1 aromatic heterocycles. The topological polar surface area (TPSA) is 77.7 Å². The van der Waals surface area contributed by atoms with Crippen LogP contribution < -0.4 is 10.5 Å². The maximum absolute atomic E-state index is 12.2. The molecule has 0 unspecified atom stereocenters. The van der Waals surface area contributed by atoms with Crippen LogP contribution in [0.2, 0.25) is 0 Å². The second kappa shape index (κ2) is 6.49. The summed E-state index contributed by atoms with van der Waals surface area (Å²) in [5.41, 5.74) is 6.47. The van der Waals surface area contributed by atoms with Crippen molar-refractivity contribution < 1.29 is 14.3 Å². The molecule has 2 aliphatic rings. The lowest BCUT2D eigenvalue weighted by Crippen LogP contribution is -2.41. The molecule has 2 heterocycles. The molecule has 0 atom stereocenters. The Morgan fingerprint density at radius 1 is 1.25 bits per heavy atom. The van der Waals surface area contributed by atoms with Crippen LogP contribution in [-0.4, -0.2) is 40.8 Å². The number of nitrogen functional groups attached to an aromatic ring is 1. The van der Waals surface area contributed by atoms with E-state index in [-0.39, 0.29) is 6.09 Å². The van der Waals surface area contributed by atoms with Gasteiger partial charge in [-0.25, -0.2) is 9.78 Å². The van der Waals surface area contributed by atoms with Crippen LogP contribution in [0.5, 0.6) is 5.75 Å². The van der Waals surface area contributed by atoms with Crippen LogP contribution in [0, 0.1) is 0 Å². The van der Waals surface area contributed by atoms with Crippen molar-refractivity contribution in [1.82, 2.24) is 9.88 Å². The third-order valence-electron chi connectivity index (χ3n) is 4.32. The van der Waals surface area contributed by atoms with Crippen molar-refractivity contribution in [2.75, 3.05) is 18.8 Å². The van der Waals surface area contributed by atoms with Gasteiger partial charge >= 0.3 is 6.09 Å². The predicted molar refractivity (Wildman–Crippen MR) is 92.1 cm³/mol. The fourth-order valence-corrected chi connectivity index (χ4v) is 2.94. The minimum Gasteiger partial charge on any atom is -0.490 e. The number of nitrogens with zero attached hydrogens (tertiary/aromatic N) is 2. The van der Waals surface area contributed by atoms with Gasteiger partial charge in [0.25, 0.3) is 0 Å². The summed E-state index contributed by atoms with van der Waals surface area (Å²) in [5.74, 6) is 1.69. The van der Waals surface area contributed by atoms with Gasteiger partial charge in [0.1, 0.15) is 17.2 Å². The first-order valence-electron chi connectivity index (χ1n) is 8.72. The molecule has 3 rings (SSSR count). The van der Waals surface area contributed by atoms with Crippen molar-refractivity contribution in [1.29, 1.82) is 0 Å². The van der Waals surface area contributed by atoms with E-state index >= 15 is 0 Å². The number of likely N-dealkylation sites (tertiary alicyclic amines) is 1. The molecule has 132 valence electrons. The maximum Gasteiger partial charge on any atom is 0.410 e. The van der Waals surface area contributed by atoms with E-state index < -0.39 is 5.60 Å². The molecular weight excluding hydrogens is 306 g/mol. The Kier molecular flexibility index (Phi) is 4.56. The van der Waals surface area contributed by atoms with Gasteiger partial charge in [0.15, 0.2) is 0 Å². The average Bonchev–Trinajstić information content (AvgIpc) is 3.30. The van der Waals surface area contributed by atoms with Crippen LogP contribution in [0.1, 0.15) is 57.9 Å². The second-order valence-electron chi connectivity index (χ2n) is 7.71. The third kappa shape index (κ3) is 4.30. The Morgan fingerprint density at radius 2 is 1.92 bits per heavy atom. The van der Waals surface area contributed by atoms with Crippen LogP contribution in [0.15, 0.2) is 12.3 Å². The van der Waals surface area contributed by atoms with E-state index in [9.17, 15) is 4.79 Å². The molecule has 1 saturated heterocycles. The molecule has 1 aliphatic carbocycles. The fraction of sp³-hybridized carbons (Fsp3) is 0.667. The molecule has 2 N–H and O–H groups in total. The summed E-state index contributed by atoms with van der Waals surface area (Å²) in [4.78, 5) is 18.2. The number of amides is 1. The molecular formula is C18H27N3O3. The van der Waals surface area contributed by atoms with Gasteiger partial charge in [0, 0.05) is 30.9 Å². The van der Waals surface area contributed by atoms with Crippen molar-refractivity contribution in [3.8, 4) is 5.75 Å². The molecule has 1 saturated carbocycles. The minimum absolute atomic E-state index is 0.231. The normalized spacial score (nSPS) is 19.2. The molecule has 0 spiro atoms. The summed E-state index contributed by atoms with van der Waals surface area (Å²) in [5, 5.41) is 0. The first kappa shape index (κ1) is 16.9. The first-order chi connectivity index (χ1) is 11.3. The van der Waals surface area contributed by atoms with Gasteiger partial charge in [-0.3, -0.25) is 0 Å². The fourth-order valence-electron chi connectivity index (χ4n) is 2.94. The van der Waals surface area contributed by atoms with Crippen molar-refractivity contribution in [3.63, 3.8) is 0 Å². The predicted octanol–water partition coefficient (Wildman–Crippen LogP) is 3.32. The van der Waals surface area contributed by atoms with Crippen molar-refractivity contribution in [2.24, 2.45) is 0 Å². The molecule has 1 aromatic rings.